The van der Waals surface area contributed by atoms with E-state index in [1.807, 2.05) is 19.1 Å². The van der Waals surface area contributed by atoms with E-state index in [9.17, 15) is 9.32 Å². The van der Waals surface area contributed by atoms with Gasteiger partial charge >= 0.3 is 0 Å². The molecule has 1 atom stereocenters. The van der Waals surface area contributed by atoms with Crippen molar-refractivity contribution in [1.29, 1.82) is 0 Å². The maximum Gasteiger partial charge on any atom is 0.115 e. The lowest BCUT2D eigenvalue weighted by atomic mass is 10.2. The Morgan fingerprint density at radius 3 is 2.67 bits per heavy atom. The van der Waals surface area contributed by atoms with Crippen molar-refractivity contribution in [2.45, 2.75) is 17.6 Å². The first-order valence-corrected chi connectivity index (χ1v) is 6.90. The maximum atomic E-state index is 12.2. The van der Waals surface area contributed by atoms with Gasteiger partial charge in [0.2, 0.25) is 0 Å². The molecule has 0 saturated carbocycles. The standard InChI is InChI=1S/C14H15NO2S/c1-10-7-12(15)5-6-14(10)18(17)9-11-3-2-4-13(16)8-11/h2-8,16H,9,15H2,1H3. The van der Waals surface area contributed by atoms with Gasteiger partial charge in [-0.05, 0) is 48.4 Å². The average Bonchev–Trinajstić information content (AvgIpc) is 2.28. The fraction of sp³-hybridized carbons (Fsp3) is 0.143. The minimum atomic E-state index is -1.13. The van der Waals surface area contributed by atoms with Gasteiger partial charge in [0.1, 0.15) is 5.75 Å². The van der Waals surface area contributed by atoms with Crippen molar-refractivity contribution in [1.82, 2.24) is 0 Å². The van der Waals surface area contributed by atoms with Crippen LogP contribution in [0.4, 0.5) is 5.69 Å². The van der Waals surface area contributed by atoms with E-state index >= 15 is 0 Å². The van der Waals surface area contributed by atoms with Crippen molar-refractivity contribution in [3.63, 3.8) is 0 Å². The molecular weight excluding hydrogens is 246 g/mol. The number of benzene rings is 2. The van der Waals surface area contributed by atoms with E-state index in [1.165, 1.54) is 0 Å². The second-order valence-corrected chi connectivity index (χ2v) is 5.60. The van der Waals surface area contributed by atoms with Crippen molar-refractivity contribution in [3.8, 4) is 5.75 Å². The molecule has 0 radical (unpaired) electrons. The van der Waals surface area contributed by atoms with E-state index in [1.54, 1.807) is 30.3 Å². The SMILES string of the molecule is Cc1cc(N)ccc1S(=O)Cc1cccc(O)c1. The zero-order chi connectivity index (χ0) is 13.1. The normalized spacial score (nSPS) is 12.3. The molecule has 0 aliphatic heterocycles. The first-order chi connectivity index (χ1) is 8.56. The summed E-state index contributed by atoms with van der Waals surface area (Å²) in [5.74, 6) is 0.581. The Morgan fingerprint density at radius 2 is 2.00 bits per heavy atom. The van der Waals surface area contributed by atoms with Crippen LogP contribution in [0.5, 0.6) is 5.75 Å². The molecule has 0 bridgehead atoms. The third-order valence-electron chi connectivity index (χ3n) is 2.65. The maximum absolute atomic E-state index is 12.2. The number of anilines is 1. The lowest BCUT2D eigenvalue weighted by Crippen LogP contribution is -1.99. The molecule has 3 nitrogen and oxygen atoms in total. The van der Waals surface area contributed by atoms with Gasteiger partial charge in [-0.2, -0.15) is 0 Å². The van der Waals surface area contributed by atoms with E-state index in [-0.39, 0.29) is 5.75 Å². The number of nitrogens with two attached hydrogens (primary N) is 1. The molecule has 18 heavy (non-hydrogen) atoms. The molecule has 0 aliphatic rings. The summed E-state index contributed by atoms with van der Waals surface area (Å²) >= 11 is 0. The van der Waals surface area contributed by atoms with E-state index in [0.29, 0.717) is 11.4 Å². The van der Waals surface area contributed by atoms with Crippen LogP contribution in [0.3, 0.4) is 0 Å². The Bertz CT molecular complexity index is 596. The van der Waals surface area contributed by atoms with Crippen LogP contribution >= 0.6 is 0 Å². The fourth-order valence-electron chi connectivity index (χ4n) is 1.80. The van der Waals surface area contributed by atoms with Gasteiger partial charge in [0.05, 0.1) is 16.6 Å². The van der Waals surface area contributed by atoms with E-state index in [0.717, 1.165) is 16.0 Å². The highest BCUT2D eigenvalue weighted by molar-refractivity contribution is 7.84. The number of hydrogen-bond donors (Lipinski definition) is 2. The molecule has 94 valence electrons. The van der Waals surface area contributed by atoms with Crippen LogP contribution in [-0.4, -0.2) is 9.32 Å². The lowest BCUT2D eigenvalue weighted by Gasteiger charge is -2.07. The minimum Gasteiger partial charge on any atom is -0.508 e. The van der Waals surface area contributed by atoms with Crippen LogP contribution in [0, 0.1) is 6.92 Å². The predicted octanol–water partition coefficient (Wildman–Crippen LogP) is 2.59. The van der Waals surface area contributed by atoms with Crippen molar-refractivity contribution in [2.24, 2.45) is 0 Å². The number of phenolic OH excluding ortho intramolecular Hbond substituents is 1. The first-order valence-electron chi connectivity index (χ1n) is 5.58. The molecule has 0 heterocycles. The Morgan fingerprint density at radius 1 is 1.22 bits per heavy atom. The van der Waals surface area contributed by atoms with E-state index in [2.05, 4.69) is 0 Å². The summed E-state index contributed by atoms with van der Waals surface area (Å²) in [4.78, 5) is 0.785. The molecule has 2 aromatic rings. The van der Waals surface area contributed by atoms with Crippen LogP contribution in [0.15, 0.2) is 47.4 Å². The smallest absolute Gasteiger partial charge is 0.115 e. The third-order valence-corrected chi connectivity index (χ3v) is 4.20. The summed E-state index contributed by atoms with van der Waals surface area (Å²) in [6.07, 6.45) is 0. The summed E-state index contributed by atoms with van der Waals surface area (Å²) < 4.78 is 12.2. The first kappa shape index (κ1) is 12.6. The average molecular weight is 261 g/mol. The minimum absolute atomic E-state index is 0.193. The van der Waals surface area contributed by atoms with Gasteiger partial charge in [0.15, 0.2) is 0 Å². The summed E-state index contributed by atoms with van der Waals surface area (Å²) in [6.45, 7) is 1.89. The van der Waals surface area contributed by atoms with Crippen molar-refractivity contribution in [2.75, 3.05) is 5.73 Å². The Kier molecular flexibility index (Phi) is 3.67. The summed E-state index contributed by atoms with van der Waals surface area (Å²) in [7, 11) is -1.13. The number of rotatable bonds is 3. The van der Waals surface area contributed by atoms with Gasteiger partial charge in [-0.3, -0.25) is 4.21 Å². The highest BCUT2D eigenvalue weighted by Gasteiger charge is 2.08. The van der Waals surface area contributed by atoms with Crippen LogP contribution in [0.1, 0.15) is 11.1 Å². The molecule has 2 aromatic carbocycles. The van der Waals surface area contributed by atoms with Crippen molar-refractivity contribution in [3.05, 3.63) is 53.6 Å². The lowest BCUT2D eigenvalue weighted by molar-refractivity contribution is 0.475. The molecule has 4 heteroatoms. The summed E-state index contributed by atoms with van der Waals surface area (Å²) in [5.41, 5.74) is 8.12. The van der Waals surface area contributed by atoms with Gasteiger partial charge in [0, 0.05) is 10.6 Å². The van der Waals surface area contributed by atoms with Gasteiger partial charge in [-0.25, -0.2) is 0 Å². The van der Waals surface area contributed by atoms with E-state index in [4.69, 9.17) is 5.73 Å². The van der Waals surface area contributed by atoms with Crippen LogP contribution in [0.2, 0.25) is 0 Å². The van der Waals surface area contributed by atoms with Crippen LogP contribution < -0.4 is 5.73 Å². The topological polar surface area (TPSA) is 63.3 Å². The number of hydrogen-bond acceptors (Lipinski definition) is 3. The second-order valence-electron chi connectivity index (χ2n) is 4.18. The molecule has 1 unspecified atom stereocenters. The number of aryl methyl sites for hydroxylation is 1. The molecule has 0 saturated heterocycles. The number of aromatic hydroxyl groups is 1. The second kappa shape index (κ2) is 5.23. The molecule has 0 aromatic heterocycles. The van der Waals surface area contributed by atoms with Gasteiger partial charge in [0.25, 0.3) is 0 Å². The summed E-state index contributed by atoms with van der Waals surface area (Å²) in [6, 6.07) is 12.2. The van der Waals surface area contributed by atoms with Gasteiger partial charge < -0.3 is 10.8 Å². The van der Waals surface area contributed by atoms with E-state index < -0.39 is 10.8 Å². The molecule has 3 N–H and O–H groups in total. The molecule has 0 aliphatic carbocycles. The number of nitrogen functional groups attached to an aromatic ring is 1. The zero-order valence-corrected chi connectivity index (χ0v) is 10.9. The Hall–Kier alpha value is -1.81. The largest absolute Gasteiger partial charge is 0.508 e. The summed E-state index contributed by atoms with van der Waals surface area (Å²) in [5, 5.41) is 9.37. The molecule has 2 rings (SSSR count). The molecule has 0 amide bonds. The quantitative estimate of drug-likeness (QED) is 0.835. The molecule has 0 fully saturated rings. The Balaban J connectivity index is 2.22. The third kappa shape index (κ3) is 2.90. The highest BCUT2D eigenvalue weighted by atomic mass is 32.2. The fourth-order valence-corrected chi connectivity index (χ4v) is 3.08. The van der Waals surface area contributed by atoms with Gasteiger partial charge in [-0.15, -0.1) is 0 Å². The van der Waals surface area contributed by atoms with Crippen LogP contribution in [-0.2, 0) is 16.6 Å². The van der Waals surface area contributed by atoms with Gasteiger partial charge in [-0.1, -0.05) is 12.1 Å². The monoisotopic (exact) mass is 261 g/mol. The number of phenols is 1. The molecule has 0 spiro atoms. The van der Waals surface area contributed by atoms with Crippen molar-refractivity contribution >= 4 is 16.5 Å². The highest BCUT2D eigenvalue weighted by Crippen LogP contribution is 2.20. The van der Waals surface area contributed by atoms with Crippen LogP contribution in [0.25, 0.3) is 0 Å². The molecular formula is C14H15NO2S. The van der Waals surface area contributed by atoms with Crippen molar-refractivity contribution < 1.29 is 9.32 Å². The predicted molar refractivity (Wildman–Crippen MR) is 73.8 cm³/mol. The Labute approximate surface area is 109 Å². The zero-order valence-electron chi connectivity index (χ0n) is 10.1.